The molecular formula is C32H38BrN3O5S. The van der Waals surface area contributed by atoms with Gasteiger partial charge < -0.3 is 15.0 Å². The van der Waals surface area contributed by atoms with Gasteiger partial charge >= 0.3 is 0 Å². The van der Waals surface area contributed by atoms with Gasteiger partial charge in [-0.3, -0.25) is 13.9 Å². The molecule has 1 aliphatic rings. The highest BCUT2D eigenvalue weighted by atomic mass is 79.9. The van der Waals surface area contributed by atoms with E-state index >= 15 is 0 Å². The Morgan fingerprint density at radius 3 is 2.26 bits per heavy atom. The van der Waals surface area contributed by atoms with E-state index in [0.717, 1.165) is 45.6 Å². The average molecular weight is 657 g/mol. The van der Waals surface area contributed by atoms with Gasteiger partial charge in [0.25, 0.3) is 10.0 Å². The standard InChI is InChI=1S/C32H38BrN3O5S/c1-4-41-29-17-15-28(16-18-29)36(42(39,40)30-19-13-26(33)14-20-30)22-31(37)35(21-25-10-6-5-9-23(25)2)24(3)32(38)34-27-11-7-8-12-27/h5-6,9-10,13-20,24,27H,4,7-8,11-12,21-22H2,1-3H3,(H,34,38). The number of nitrogens with one attached hydrogen (secondary N) is 1. The molecule has 1 aliphatic carbocycles. The van der Waals surface area contributed by atoms with Crippen molar-refractivity contribution in [2.24, 2.45) is 0 Å². The zero-order valence-electron chi connectivity index (χ0n) is 24.3. The Bertz CT molecular complexity index is 1470. The maximum absolute atomic E-state index is 14.1. The molecule has 0 spiro atoms. The number of benzene rings is 3. The molecule has 1 fully saturated rings. The first kappa shape index (κ1) is 31.6. The number of sulfonamides is 1. The summed E-state index contributed by atoms with van der Waals surface area (Å²) in [4.78, 5) is 29.0. The largest absolute Gasteiger partial charge is 0.494 e. The van der Waals surface area contributed by atoms with Gasteiger partial charge in [0.1, 0.15) is 18.3 Å². The summed E-state index contributed by atoms with van der Waals surface area (Å²) >= 11 is 3.35. The highest BCUT2D eigenvalue weighted by molar-refractivity contribution is 9.10. The van der Waals surface area contributed by atoms with Crippen molar-refractivity contribution in [1.29, 1.82) is 0 Å². The molecule has 0 aliphatic heterocycles. The van der Waals surface area contributed by atoms with Gasteiger partial charge in [0, 0.05) is 17.1 Å². The lowest BCUT2D eigenvalue weighted by Crippen LogP contribution is -2.52. The van der Waals surface area contributed by atoms with Crippen molar-refractivity contribution >= 4 is 43.5 Å². The van der Waals surface area contributed by atoms with E-state index in [0.29, 0.717) is 18.0 Å². The third-order valence-electron chi connectivity index (χ3n) is 7.59. The maximum atomic E-state index is 14.1. The van der Waals surface area contributed by atoms with E-state index < -0.39 is 28.5 Å². The first-order chi connectivity index (χ1) is 20.1. The van der Waals surface area contributed by atoms with Crippen LogP contribution < -0.4 is 14.4 Å². The van der Waals surface area contributed by atoms with Crippen molar-refractivity contribution in [1.82, 2.24) is 10.2 Å². The van der Waals surface area contributed by atoms with Gasteiger partial charge in [0.05, 0.1) is 17.2 Å². The van der Waals surface area contributed by atoms with Gasteiger partial charge in [0.15, 0.2) is 0 Å². The molecule has 0 radical (unpaired) electrons. The lowest BCUT2D eigenvalue weighted by Gasteiger charge is -2.33. The second-order valence-corrected chi connectivity index (χ2v) is 13.3. The number of aryl methyl sites for hydroxylation is 1. The first-order valence-electron chi connectivity index (χ1n) is 14.3. The average Bonchev–Trinajstić information content (AvgIpc) is 3.49. The SMILES string of the molecule is CCOc1ccc(N(CC(=O)N(Cc2ccccc2C)C(C)C(=O)NC2CCCC2)S(=O)(=O)c2ccc(Br)cc2)cc1. The van der Waals surface area contributed by atoms with Crippen molar-refractivity contribution in [3.8, 4) is 5.75 Å². The number of halogens is 1. The van der Waals surface area contributed by atoms with Crippen LogP contribution in [0.25, 0.3) is 0 Å². The summed E-state index contributed by atoms with van der Waals surface area (Å²) in [6.45, 7) is 5.66. The van der Waals surface area contributed by atoms with E-state index in [1.165, 1.54) is 17.0 Å². The van der Waals surface area contributed by atoms with Gasteiger partial charge in [-0.15, -0.1) is 0 Å². The van der Waals surface area contributed by atoms with Crippen LogP contribution in [-0.4, -0.2) is 50.4 Å². The molecule has 0 aromatic heterocycles. The minimum Gasteiger partial charge on any atom is -0.494 e. The van der Waals surface area contributed by atoms with Gasteiger partial charge in [-0.2, -0.15) is 0 Å². The second-order valence-electron chi connectivity index (χ2n) is 10.5. The summed E-state index contributed by atoms with van der Waals surface area (Å²) in [5.41, 5.74) is 2.17. The summed E-state index contributed by atoms with van der Waals surface area (Å²) in [6.07, 6.45) is 3.97. The molecule has 1 N–H and O–H groups in total. The molecule has 42 heavy (non-hydrogen) atoms. The first-order valence-corrected chi connectivity index (χ1v) is 16.5. The number of carbonyl (C=O) groups is 2. The second kappa shape index (κ2) is 14.2. The number of carbonyl (C=O) groups excluding carboxylic acids is 2. The van der Waals surface area contributed by atoms with E-state index in [2.05, 4.69) is 21.2 Å². The molecule has 1 atom stereocenters. The van der Waals surface area contributed by atoms with Crippen LogP contribution in [0.5, 0.6) is 5.75 Å². The molecule has 0 saturated heterocycles. The minimum absolute atomic E-state index is 0.0462. The van der Waals surface area contributed by atoms with Gasteiger partial charge in [-0.05, 0) is 93.3 Å². The molecule has 1 saturated carbocycles. The normalized spacial score (nSPS) is 14.3. The Kier molecular flexibility index (Phi) is 10.7. The molecule has 4 rings (SSSR count). The van der Waals surface area contributed by atoms with Crippen LogP contribution in [-0.2, 0) is 26.2 Å². The van der Waals surface area contributed by atoms with Crippen molar-refractivity contribution in [3.63, 3.8) is 0 Å². The Morgan fingerprint density at radius 2 is 1.64 bits per heavy atom. The van der Waals surface area contributed by atoms with Crippen LogP contribution >= 0.6 is 15.9 Å². The summed E-state index contributed by atoms with van der Waals surface area (Å²) in [5, 5.41) is 3.10. The number of nitrogens with zero attached hydrogens (tertiary/aromatic N) is 2. The molecule has 3 aromatic carbocycles. The molecule has 1 unspecified atom stereocenters. The minimum atomic E-state index is -4.15. The fraction of sp³-hybridized carbons (Fsp3) is 0.375. The summed E-state index contributed by atoms with van der Waals surface area (Å²) in [5.74, 6) is -0.138. The molecule has 10 heteroatoms. The topological polar surface area (TPSA) is 96.0 Å². The van der Waals surface area contributed by atoms with E-state index in [9.17, 15) is 18.0 Å². The molecule has 0 bridgehead atoms. The van der Waals surface area contributed by atoms with Crippen LogP contribution in [0, 0.1) is 6.92 Å². The number of hydrogen-bond acceptors (Lipinski definition) is 5. The molecule has 8 nitrogen and oxygen atoms in total. The van der Waals surface area contributed by atoms with Gasteiger partial charge in [-0.25, -0.2) is 8.42 Å². The Morgan fingerprint density at radius 1 is 1.00 bits per heavy atom. The highest BCUT2D eigenvalue weighted by Crippen LogP contribution is 2.28. The lowest BCUT2D eigenvalue weighted by molar-refractivity contribution is -0.139. The van der Waals surface area contributed by atoms with Crippen molar-refractivity contribution in [2.45, 2.75) is 70.0 Å². The van der Waals surface area contributed by atoms with E-state index in [1.807, 2.05) is 38.1 Å². The molecule has 2 amide bonds. The van der Waals surface area contributed by atoms with Gasteiger partial charge in [0.2, 0.25) is 11.8 Å². The van der Waals surface area contributed by atoms with E-state index in [1.54, 1.807) is 43.3 Å². The zero-order chi connectivity index (χ0) is 30.3. The van der Waals surface area contributed by atoms with Gasteiger partial charge in [-0.1, -0.05) is 53.0 Å². The fourth-order valence-electron chi connectivity index (χ4n) is 5.08. The van der Waals surface area contributed by atoms with Crippen molar-refractivity contribution in [3.05, 3.63) is 88.4 Å². The fourth-order valence-corrected chi connectivity index (χ4v) is 6.76. The van der Waals surface area contributed by atoms with Crippen molar-refractivity contribution in [2.75, 3.05) is 17.5 Å². The predicted molar refractivity (Wildman–Crippen MR) is 168 cm³/mol. The maximum Gasteiger partial charge on any atom is 0.264 e. The van der Waals surface area contributed by atoms with Crippen LogP contribution in [0.1, 0.15) is 50.7 Å². The Hall–Kier alpha value is -3.37. The van der Waals surface area contributed by atoms with Crippen LogP contribution in [0.4, 0.5) is 5.69 Å². The summed E-state index contributed by atoms with van der Waals surface area (Å²) in [6, 6.07) is 19.8. The van der Waals surface area contributed by atoms with Crippen LogP contribution in [0.15, 0.2) is 82.2 Å². The monoisotopic (exact) mass is 655 g/mol. The predicted octanol–water partition coefficient (Wildman–Crippen LogP) is 5.83. The number of amides is 2. The quantitative estimate of drug-likeness (QED) is 0.265. The van der Waals surface area contributed by atoms with E-state index in [-0.39, 0.29) is 23.4 Å². The third-order valence-corrected chi connectivity index (χ3v) is 9.90. The smallest absolute Gasteiger partial charge is 0.264 e. The Balaban J connectivity index is 1.69. The Labute approximate surface area is 257 Å². The zero-order valence-corrected chi connectivity index (χ0v) is 26.7. The van der Waals surface area contributed by atoms with Crippen LogP contribution in [0.3, 0.4) is 0 Å². The number of hydrogen-bond donors (Lipinski definition) is 1. The number of ether oxygens (including phenoxy) is 1. The summed E-state index contributed by atoms with van der Waals surface area (Å²) < 4.78 is 35.3. The number of rotatable bonds is 12. The van der Waals surface area contributed by atoms with Crippen molar-refractivity contribution < 1.29 is 22.7 Å². The highest BCUT2D eigenvalue weighted by Gasteiger charge is 2.33. The molecule has 0 heterocycles. The molecule has 224 valence electrons. The third kappa shape index (κ3) is 7.72. The number of anilines is 1. The summed E-state index contributed by atoms with van der Waals surface area (Å²) in [7, 11) is -4.15. The molecular weight excluding hydrogens is 618 g/mol. The molecule has 3 aromatic rings. The van der Waals surface area contributed by atoms with E-state index in [4.69, 9.17) is 4.74 Å². The lowest BCUT2D eigenvalue weighted by atomic mass is 10.1. The van der Waals surface area contributed by atoms with Crippen LogP contribution in [0.2, 0.25) is 0 Å².